The van der Waals surface area contributed by atoms with E-state index in [0.717, 1.165) is 27.2 Å². The highest BCUT2D eigenvalue weighted by Gasteiger charge is 2.16. The summed E-state index contributed by atoms with van der Waals surface area (Å²) in [6.07, 6.45) is 9.80. The molecule has 2 heterocycles. The van der Waals surface area contributed by atoms with Crippen LogP contribution >= 0.6 is 15.9 Å². The molecule has 5 nitrogen and oxygen atoms in total. The van der Waals surface area contributed by atoms with Crippen LogP contribution in [0.25, 0.3) is 11.3 Å². The summed E-state index contributed by atoms with van der Waals surface area (Å²) in [5, 5.41) is 6.98. The zero-order chi connectivity index (χ0) is 19.3. The predicted molar refractivity (Wildman–Crippen MR) is 118 cm³/mol. The third-order valence-corrected chi connectivity index (χ3v) is 5.67. The molecular weight excluding hydrogens is 414 g/mol. The second kappa shape index (κ2) is 8.69. The van der Waals surface area contributed by atoms with Gasteiger partial charge in [-0.15, -0.1) is 0 Å². The molecule has 2 N–H and O–H groups in total. The van der Waals surface area contributed by atoms with E-state index in [1.165, 1.54) is 37.7 Å². The number of aromatic nitrogens is 3. The van der Waals surface area contributed by atoms with Gasteiger partial charge in [-0.2, -0.15) is 4.98 Å². The molecule has 1 saturated carbocycles. The number of rotatable bonds is 5. The molecule has 6 heteroatoms. The monoisotopic (exact) mass is 437 g/mol. The number of nitrogens with zero attached hydrogens (tertiary/aromatic N) is 3. The van der Waals surface area contributed by atoms with Crippen molar-refractivity contribution in [2.75, 3.05) is 10.6 Å². The lowest BCUT2D eigenvalue weighted by Gasteiger charge is -2.23. The van der Waals surface area contributed by atoms with Crippen molar-refractivity contribution < 1.29 is 0 Å². The maximum Gasteiger partial charge on any atom is 0.225 e. The summed E-state index contributed by atoms with van der Waals surface area (Å²) in [5.74, 6) is 1.43. The topological polar surface area (TPSA) is 62.7 Å². The van der Waals surface area contributed by atoms with Crippen molar-refractivity contribution >= 4 is 33.4 Å². The second-order valence-corrected chi connectivity index (χ2v) is 8.15. The zero-order valence-corrected chi connectivity index (χ0v) is 17.5. The average Bonchev–Trinajstić information content (AvgIpc) is 2.71. The first-order valence-corrected chi connectivity index (χ1v) is 10.6. The van der Waals surface area contributed by atoms with Gasteiger partial charge in [0.25, 0.3) is 0 Å². The smallest absolute Gasteiger partial charge is 0.225 e. The van der Waals surface area contributed by atoms with E-state index in [2.05, 4.69) is 56.7 Å². The summed E-state index contributed by atoms with van der Waals surface area (Å²) in [6.45, 7) is 2.08. The van der Waals surface area contributed by atoms with E-state index in [9.17, 15) is 0 Å². The summed E-state index contributed by atoms with van der Waals surface area (Å²) < 4.78 is 1.01. The molecule has 0 amide bonds. The van der Waals surface area contributed by atoms with E-state index >= 15 is 0 Å². The van der Waals surface area contributed by atoms with Gasteiger partial charge in [0.15, 0.2) is 0 Å². The van der Waals surface area contributed by atoms with Crippen molar-refractivity contribution in [1.82, 2.24) is 15.0 Å². The van der Waals surface area contributed by atoms with Crippen LogP contribution in [0.3, 0.4) is 0 Å². The fraction of sp³-hybridized carbons (Fsp3) is 0.318. The first kappa shape index (κ1) is 18.9. The Morgan fingerprint density at radius 3 is 2.64 bits per heavy atom. The number of hydrogen-bond acceptors (Lipinski definition) is 5. The van der Waals surface area contributed by atoms with Crippen LogP contribution in [-0.4, -0.2) is 21.0 Å². The molecule has 0 spiro atoms. The fourth-order valence-electron chi connectivity index (χ4n) is 3.53. The van der Waals surface area contributed by atoms with Gasteiger partial charge in [0.1, 0.15) is 5.82 Å². The van der Waals surface area contributed by atoms with Crippen molar-refractivity contribution in [2.24, 2.45) is 0 Å². The Hall–Kier alpha value is -2.47. The van der Waals surface area contributed by atoms with E-state index in [0.29, 0.717) is 12.0 Å². The van der Waals surface area contributed by atoms with Gasteiger partial charge in [0.2, 0.25) is 5.95 Å². The average molecular weight is 438 g/mol. The number of anilines is 3. The predicted octanol–water partition coefficient (Wildman–Crippen LogP) is 6.10. The van der Waals surface area contributed by atoms with Crippen molar-refractivity contribution in [3.63, 3.8) is 0 Å². The Morgan fingerprint density at radius 2 is 1.89 bits per heavy atom. The molecule has 28 heavy (non-hydrogen) atoms. The largest absolute Gasteiger partial charge is 0.351 e. The Bertz CT molecular complexity index is 939. The van der Waals surface area contributed by atoms with Crippen molar-refractivity contribution in [3.05, 3.63) is 58.8 Å². The van der Waals surface area contributed by atoms with Crippen molar-refractivity contribution in [3.8, 4) is 11.3 Å². The van der Waals surface area contributed by atoms with Crippen LogP contribution in [0.4, 0.5) is 17.5 Å². The highest BCUT2D eigenvalue weighted by molar-refractivity contribution is 9.10. The van der Waals surface area contributed by atoms with E-state index < -0.39 is 0 Å². The van der Waals surface area contributed by atoms with Gasteiger partial charge in [-0.05, 0) is 65.5 Å². The Balaban J connectivity index is 1.66. The van der Waals surface area contributed by atoms with Gasteiger partial charge in [0.05, 0.1) is 11.4 Å². The SMILES string of the molecule is Cc1ccc(Nc2cc(-c3cccnc3)nc(NC3CCCCC3)n2)c(Br)c1. The third kappa shape index (κ3) is 4.68. The molecule has 0 unspecified atom stereocenters. The summed E-state index contributed by atoms with van der Waals surface area (Å²) in [7, 11) is 0. The van der Waals surface area contributed by atoms with Gasteiger partial charge in [-0.3, -0.25) is 4.98 Å². The summed E-state index contributed by atoms with van der Waals surface area (Å²) in [6, 6.07) is 12.6. The van der Waals surface area contributed by atoms with Gasteiger partial charge >= 0.3 is 0 Å². The molecule has 3 aromatic rings. The van der Waals surface area contributed by atoms with Crippen LogP contribution in [0.5, 0.6) is 0 Å². The number of hydrogen-bond donors (Lipinski definition) is 2. The molecule has 0 saturated heterocycles. The second-order valence-electron chi connectivity index (χ2n) is 7.29. The summed E-state index contributed by atoms with van der Waals surface area (Å²) in [4.78, 5) is 13.7. The number of pyridine rings is 1. The first-order chi connectivity index (χ1) is 13.7. The minimum absolute atomic E-state index is 0.442. The highest BCUT2D eigenvalue weighted by Crippen LogP contribution is 2.29. The molecule has 1 aromatic carbocycles. The van der Waals surface area contributed by atoms with Crippen LogP contribution in [-0.2, 0) is 0 Å². The maximum absolute atomic E-state index is 4.76. The number of nitrogens with one attached hydrogen (secondary N) is 2. The van der Waals surface area contributed by atoms with Gasteiger partial charge in [-0.1, -0.05) is 25.3 Å². The summed E-state index contributed by atoms with van der Waals surface area (Å²) >= 11 is 3.63. The Morgan fingerprint density at radius 1 is 1.04 bits per heavy atom. The minimum atomic E-state index is 0.442. The van der Waals surface area contributed by atoms with E-state index in [-0.39, 0.29) is 0 Å². The van der Waals surface area contributed by atoms with Gasteiger partial charge < -0.3 is 10.6 Å². The highest BCUT2D eigenvalue weighted by atomic mass is 79.9. The minimum Gasteiger partial charge on any atom is -0.351 e. The number of aryl methyl sites for hydroxylation is 1. The van der Waals surface area contributed by atoms with E-state index in [4.69, 9.17) is 9.97 Å². The van der Waals surface area contributed by atoms with Crippen LogP contribution in [0.2, 0.25) is 0 Å². The van der Waals surface area contributed by atoms with Gasteiger partial charge in [0, 0.05) is 34.5 Å². The molecule has 1 aliphatic rings. The quantitative estimate of drug-likeness (QED) is 0.504. The molecule has 0 aliphatic heterocycles. The Labute approximate surface area is 174 Å². The molecule has 1 fully saturated rings. The molecule has 1 aliphatic carbocycles. The molecule has 4 rings (SSSR count). The fourth-order valence-corrected chi connectivity index (χ4v) is 4.12. The van der Waals surface area contributed by atoms with Crippen LogP contribution in [0.1, 0.15) is 37.7 Å². The molecule has 0 radical (unpaired) electrons. The molecule has 2 aromatic heterocycles. The standard InChI is InChI=1S/C22H24BrN5/c1-15-9-10-19(18(23)12-15)26-21-13-20(16-6-5-11-24-14-16)27-22(28-21)25-17-7-3-2-4-8-17/h5-6,9-14,17H,2-4,7-8H2,1H3,(H2,25,26,27,28). The maximum atomic E-state index is 4.76. The lowest BCUT2D eigenvalue weighted by atomic mass is 9.96. The van der Waals surface area contributed by atoms with Crippen LogP contribution in [0.15, 0.2) is 53.3 Å². The van der Waals surface area contributed by atoms with Crippen molar-refractivity contribution in [2.45, 2.75) is 45.1 Å². The van der Waals surface area contributed by atoms with Crippen LogP contribution in [0, 0.1) is 6.92 Å². The molecule has 0 atom stereocenters. The first-order valence-electron chi connectivity index (χ1n) is 9.76. The number of benzene rings is 1. The zero-order valence-electron chi connectivity index (χ0n) is 16.0. The molecule has 0 bridgehead atoms. The van der Waals surface area contributed by atoms with Crippen LogP contribution < -0.4 is 10.6 Å². The number of halogens is 1. The van der Waals surface area contributed by atoms with E-state index in [1.54, 1.807) is 6.20 Å². The molecular formula is C22H24BrN5. The third-order valence-electron chi connectivity index (χ3n) is 5.01. The lowest BCUT2D eigenvalue weighted by molar-refractivity contribution is 0.461. The Kier molecular flexibility index (Phi) is 5.86. The normalized spacial score (nSPS) is 14.6. The van der Waals surface area contributed by atoms with Crippen molar-refractivity contribution in [1.29, 1.82) is 0 Å². The molecule has 144 valence electrons. The van der Waals surface area contributed by atoms with Gasteiger partial charge in [-0.25, -0.2) is 4.98 Å². The van der Waals surface area contributed by atoms with E-state index in [1.807, 2.05) is 24.4 Å². The lowest BCUT2D eigenvalue weighted by Crippen LogP contribution is -2.23. The summed E-state index contributed by atoms with van der Waals surface area (Å²) in [5.41, 5.74) is 4.01.